The van der Waals surface area contributed by atoms with Gasteiger partial charge in [-0.1, -0.05) is 17.7 Å². The highest BCUT2D eigenvalue weighted by molar-refractivity contribution is 6.29. The molecule has 33 heavy (non-hydrogen) atoms. The molecule has 0 bridgehead atoms. The first-order valence-corrected chi connectivity index (χ1v) is 10.6. The fourth-order valence-electron chi connectivity index (χ4n) is 3.65. The van der Waals surface area contributed by atoms with Crippen LogP contribution in [0.2, 0.25) is 5.15 Å². The number of nitrogens with one attached hydrogen (secondary N) is 1. The molecule has 4 N–H and O–H groups in total. The normalized spacial score (nSPS) is 13.3. The predicted octanol–water partition coefficient (Wildman–Crippen LogP) is 4.72. The summed E-state index contributed by atoms with van der Waals surface area (Å²) in [4.78, 5) is 33.0. The van der Waals surface area contributed by atoms with Crippen molar-refractivity contribution < 1.29 is 14.3 Å². The average molecular weight is 469 g/mol. The van der Waals surface area contributed by atoms with E-state index in [-0.39, 0.29) is 16.3 Å². The van der Waals surface area contributed by atoms with Crippen LogP contribution in [0.3, 0.4) is 0 Å². The first-order valence-electron chi connectivity index (χ1n) is 10.2. The second-order valence-corrected chi connectivity index (χ2v) is 8.09. The molecule has 2 heterocycles. The van der Waals surface area contributed by atoms with Crippen LogP contribution >= 0.6 is 11.6 Å². The summed E-state index contributed by atoms with van der Waals surface area (Å²) in [6.07, 6.45) is 1.37. The second-order valence-electron chi connectivity index (χ2n) is 7.71. The van der Waals surface area contributed by atoms with Crippen LogP contribution < -0.4 is 16.5 Å². The highest BCUT2D eigenvalue weighted by Gasteiger charge is 2.22. The van der Waals surface area contributed by atoms with Crippen LogP contribution in [0.15, 0.2) is 44.7 Å². The van der Waals surface area contributed by atoms with E-state index >= 15 is 0 Å². The van der Waals surface area contributed by atoms with Gasteiger partial charge in [-0.3, -0.25) is 9.79 Å². The standard InChI is InChI=1S/C24H25ClN4O4/c1-11-8-15(14(4)28-18-6-7-19(25)29-20(18)24(31)32)23-16(9-11)21(30)12(2)22(33-23)17(10-26)13(3)27-5/h6-10,14,28H,26H2,1-5H3,(H,31,32)/b17-10+,27-13?. The summed E-state index contributed by atoms with van der Waals surface area (Å²) in [6, 6.07) is 6.28. The van der Waals surface area contributed by atoms with Crippen LogP contribution in [0.25, 0.3) is 16.5 Å². The molecule has 0 aliphatic carbocycles. The Bertz CT molecular complexity index is 1380. The van der Waals surface area contributed by atoms with Gasteiger partial charge in [0.2, 0.25) is 0 Å². The Morgan fingerprint density at radius 1 is 1.33 bits per heavy atom. The lowest BCUT2D eigenvalue weighted by Crippen LogP contribution is -2.16. The minimum absolute atomic E-state index is 0.0757. The van der Waals surface area contributed by atoms with Gasteiger partial charge in [0.15, 0.2) is 11.1 Å². The second kappa shape index (κ2) is 9.46. The molecule has 0 radical (unpaired) electrons. The van der Waals surface area contributed by atoms with Gasteiger partial charge in [0.05, 0.1) is 22.7 Å². The third-order valence-electron chi connectivity index (χ3n) is 5.43. The van der Waals surface area contributed by atoms with Crippen molar-refractivity contribution in [3.05, 3.63) is 74.0 Å². The number of hydrogen-bond donors (Lipinski definition) is 3. The predicted molar refractivity (Wildman–Crippen MR) is 131 cm³/mol. The van der Waals surface area contributed by atoms with Gasteiger partial charge >= 0.3 is 5.97 Å². The smallest absolute Gasteiger partial charge is 0.356 e. The van der Waals surface area contributed by atoms with E-state index in [0.717, 1.165) is 5.56 Å². The van der Waals surface area contributed by atoms with Gasteiger partial charge in [0, 0.05) is 30.1 Å². The number of rotatable bonds is 6. The minimum Gasteiger partial charge on any atom is -0.476 e. The largest absolute Gasteiger partial charge is 0.476 e. The zero-order valence-corrected chi connectivity index (χ0v) is 19.7. The van der Waals surface area contributed by atoms with Gasteiger partial charge in [-0.05, 0) is 51.5 Å². The molecule has 3 rings (SSSR count). The third-order valence-corrected chi connectivity index (χ3v) is 5.64. The Hall–Kier alpha value is -3.65. The van der Waals surface area contributed by atoms with Crippen LogP contribution in [0.1, 0.15) is 52.8 Å². The number of allylic oxidation sites excluding steroid dienone is 1. The van der Waals surface area contributed by atoms with Crippen molar-refractivity contribution in [3.63, 3.8) is 0 Å². The van der Waals surface area contributed by atoms with E-state index < -0.39 is 12.0 Å². The molecular formula is C24H25ClN4O4. The number of aliphatic imine (C=N–C) groups is 1. The number of carboxylic acids is 1. The highest BCUT2D eigenvalue weighted by Crippen LogP contribution is 2.31. The number of benzene rings is 1. The number of carboxylic acid groups (broad SMARTS) is 1. The lowest BCUT2D eigenvalue weighted by atomic mass is 9.98. The number of nitrogens with two attached hydrogens (primary N) is 1. The quantitative estimate of drug-likeness (QED) is 0.352. The van der Waals surface area contributed by atoms with Crippen molar-refractivity contribution in [1.82, 2.24) is 4.98 Å². The maximum atomic E-state index is 13.3. The lowest BCUT2D eigenvalue weighted by molar-refractivity contribution is 0.0691. The van der Waals surface area contributed by atoms with Gasteiger partial charge in [0.1, 0.15) is 16.5 Å². The summed E-state index contributed by atoms with van der Waals surface area (Å²) < 4.78 is 6.27. The van der Waals surface area contributed by atoms with Crippen LogP contribution in [0.4, 0.5) is 5.69 Å². The molecule has 0 saturated heterocycles. The van der Waals surface area contributed by atoms with E-state index in [1.807, 2.05) is 19.9 Å². The molecule has 2 aromatic heterocycles. The van der Waals surface area contributed by atoms with Crippen LogP contribution in [-0.2, 0) is 0 Å². The van der Waals surface area contributed by atoms with E-state index in [9.17, 15) is 14.7 Å². The van der Waals surface area contributed by atoms with Gasteiger partial charge in [-0.2, -0.15) is 0 Å². The van der Waals surface area contributed by atoms with E-state index in [2.05, 4.69) is 15.3 Å². The molecule has 0 spiro atoms. The average Bonchev–Trinajstić information content (AvgIpc) is 2.78. The van der Waals surface area contributed by atoms with E-state index in [4.69, 9.17) is 21.8 Å². The van der Waals surface area contributed by atoms with Crippen molar-refractivity contribution in [2.24, 2.45) is 10.7 Å². The Kier molecular flexibility index (Phi) is 6.88. The number of halogens is 1. The highest BCUT2D eigenvalue weighted by atomic mass is 35.5. The van der Waals surface area contributed by atoms with Gasteiger partial charge in [-0.25, -0.2) is 9.78 Å². The van der Waals surface area contributed by atoms with Crippen LogP contribution in [0, 0.1) is 13.8 Å². The number of nitrogens with zero attached hydrogens (tertiary/aromatic N) is 2. The Morgan fingerprint density at radius 3 is 2.64 bits per heavy atom. The third kappa shape index (κ3) is 4.61. The summed E-state index contributed by atoms with van der Waals surface area (Å²) in [5.41, 5.74) is 9.25. The molecular weight excluding hydrogens is 444 g/mol. The Balaban J connectivity index is 2.23. The Morgan fingerprint density at radius 2 is 2.03 bits per heavy atom. The zero-order chi connectivity index (χ0) is 24.4. The van der Waals surface area contributed by atoms with E-state index in [0.29, 0.717) is 44.8 Å². The minimum atomic E-state index is -1.21. The number of carbonyl (C=O) groups is 1. The summed E-state index contributed by atoms with van der Waals surface area (Å²) >= 11 is 5.87. The van der Waals surface area contributed by atoms with E-state index in [1.165, 1.54) is 12.3 Å². The topological polar surface area (TPSA) is 131 Å². The number of fused-ring (bicyclic) bond motifs is 1. The molecule has 0 fully saturated rings. The summed E-state index contributed by atoms with van der Waals surface area (Å²) in [5.74, 6) is -0.868. The first-order chi connectivity index (χ1) is 15.6. The molecule has 0 saturated carbocycles. The zero-order valence-electron chi connectivity index (χ0n) is 19.0. The number of anilines is 1. The summed E-state index contributed by atoms with van der Waals surface area (Å²) in [5, 5.41) is 13.2. The van der Waals surface area contributed by atoms with Gasteiger partial charge in [0.25, 0.3) is 0 Å². The van der Waals surface area contributed by atoms with Crippen molar-refractivity contribution in [2.45, 2.75) is 33.7 Å². The number of aromatic nitrogens is 1. The fraction of sp³-hybridized carbons (Fsp3) is 0.250. The molecule has 8 nitrogen and oxygen atoms in total. The van der Waals surface area contributed by atoms with Crippen molar-refractivity contribution >= 4 is 45.5 Å². The number of hydrogen-bond acceptors (Lipinski definition) is 7. The molecule has 3 aromatic rings. The van der Waals surface area contributed by atoms with Crippen molar-refractivity contribution in [2.75, 3.05) is 12.4 Å². The number of pyridine rings is 1. The van der Waals surface area contributed by atoms with Gasteiger partial charge < -0.3 is 20.6 Å². The van der Waals surface area contributed by atoms with E-state index in [1.54, 1.807) is 33.0 Å². The van der Waals surface area contributed by atoms with Crippen molar-refractivity contribution in [3.8, 4) is 0 Å². The monoisotopic (exact) mass is 468 g/mol. The van der Waals surface area contributed by atoms with Gasteiger partial charge in [-0.15, -0.1) is 0 Å². The first kappa shape index (κ1) is 24.0. The molecule has 0 aliphatic heterocycles. The molecule has 0 amide bonds. The summed E-state index contributed by atoms with van der Waals surface area (Å²) in [6.45, 7) is 7.19. The van der Waals surface area contributed by atoms with Crippen molar-refractivity contribution in [1.29, 1.82) is 0 Å². The number of aryl methyl sites for hydroxylation is 1. The lowest BCUT2D eigenvalue weighted by Gasteiger charge is -2.20. The Labute approximate surface area is 195 Å². The molecule has 172 valence electrons. The summed E-state index contributed by atoms with van der Waals surface area (Å²) in [7, 11) is 1.63. The SMILES string of the molecule is CN=C(C)/C(=C\N)c1oc2c(C(C)Nc3ccc(Cl)nc3C(=O)O)cc(C)cc2c(=O)c1C. The number of aromatic carboxylic acids is 1. The fourth-order valence-corrected chi connectivity index (χ4v) is 3.80. The van der Waals surface area contributed by atoms with Crippen LogP contribution in [-0.4, -0.2) is 28.8 Å². The molecule has 1 aromatic carbocycles. The van der Waals surface area contributed by atoms with Crippen LogP contribution in [0.5, 0.6) is 0 Å². The molecule has 9 heteroatoms. The molecule has 1 atom stereocenters. The maximum absolute atomic E-state index is 13.3. The molecule has 1 unspecified atom stereocenters. The molecule has 0 aliphatic rings. The maximum Gasteiger partial charge on any atom is 0.356 e.